The first-order valence-corrected chi connectivity index (χ1v) is 9.06. The van der Waals surface area contributed by atoms with Crippen LogP contribution in [0, 0.1) is 0 Å². The van der Waals surface area contributed by atoms with Crippen molar-refractivity contribution < 1.29 is 4.79 Å². The van der Waals surface area contributed by atoms with Crippen molar-refractivity contribution in [1.82, 2.24) is 4.90 Å². The second-order valence-corrected chi connectivity index (χ2v) is 8.00. The lowest BCUT2D eigenvalue weighted by Gasteiger charge is -2.36. The Bertz CT molecular complexity index is 755. The Labute approximate surface area is 141 Å². The van der Waals surface area contributed by atoms with Crippen LogP contribution in [-0.2, 0) is 11.2 Å². The minimum absolute atomic E-state index is 0.227. The fraction of sp³-hybridized carbons (Fsp3) is 0.350. The molecule has 4 rings (SSSR count). The molecule has 2 aromatic carbocycles. The molecule has 2 aliphatic rings. The van der Waals surface area contributed by atoms with E-state index in [2.05, 4.69) is 48.5 Å². The van der Waals surface area contributed by atoms with Crippen LogP contribution in [0.3, 0.4) is 0 Å². The number of carbonyl (C=O) groups is 1. The van der Waals surface area contributed by atoms with E-state index in [1.54, 1.807) is 4.90 Å². The lowest BCUT2D eigenvalue weighted by molar-refractivity contribution is -0.128. The van der Waals surface area contributed by atoms with E-state index in [1.807, 2.05) is 25.9 Å². The first-order valence-electron chi connectivity index (χ1n) is 8.18. The maximum atomic E-state index is 12.3. The zero-order valence-corrected chi connectivity index (χ0v) is 14.3. The predicted molar refractivity (Wildman–Crippen MR) is 95.0 cm³/mol. The van der Waals surface area contributed by atoms with Gasteiger partial charge in [0.2, 0.25) is 5.91 Å². The van der Waals surface area contributed by atoms with Crippen molar-refractivity contribution in [3.8, 4) is 0 Å². The summed E-state index contributed by atoms with van der Waals surface area (Å²) in [5, 5.41) is 0.327. The number of hydrogen-bond donors (Lipinski definition) is 0. The maximum absolute atomic E-state index is 12.3. The molecule has 23 heavy (non-hydrogen) atoms. The summed E-state index contributed by atoms with van der Waals surface area (Å²) in [6, 6.07) is 17.5. The van der Waals surface area contributed by atoms with E-state index >= 15 is 0 Å². The van der Waals surface area contributed by atoms with Crippen LogP contribution in [0.4, 0.5) is 0 Å². The highest BCUT2D eigenvalue weighted by molar-refractivity contribution is 8.00. The molecule has 1 aliphatic heterocycles. The third kappa shape index (κ3) is 2.47. The van der Waals surface area contributed by atoms with Gasteiger partial charge in [0, 0.05) is 36.6 Å². The number of hydrogen-bond acceptors (Lipinski definition) is 2. The van der Waals surface area contributed by atoms with Gasteiger partial charge in [0.05, 0.1) is 0 Å². The number of rotatable bonds is 2. The molecule has 0 fully saturated rings. The molecule has 1 amide bonds. The minimum Gasteiger partial charge on any atom is -0.349 e. The lowest BCUT2D eigenvalue weighted by atomic mass is 9.82. The number of benzene rings is 2. The molecule has 1 heterocycles. The maximum Gasteiger partial charge on any atom is 0.223 e. The van der Waals surface area contributed by atoms with Crippen molar-refractivity contribution in [2.24, 2.45) is 0 Å². The number of nitrogens with zero attached hydrogens (tertiary/aromatic N) is 1. The average Bonchev–Trinajstić information content (AvgIpc) is 2.95. The number of amides is 1. The smallest absolute Gasteiger partial charge is 0.223 e. The highest BCUT2D eigenvalue weighted by atomic mass is 32.2. The molecule has 3 unspecified atom stereocenters. The van der Waals surface area contributed by atoms with Gasteiger partial charge in [0.15, 0.2) is 0 Å². The van der Waals surface area contributed by atoms with Crippen LogP contribution < -0.4 is 0 Å². The highest BCUT2D eigenvalue weighted by Crippen LogP contribution is 2.56. The fourth-order valence-corrected chi connectivity index (χ4v) is 5.59. The Morgan fingerprint density at radius 2 is 1.78 bits per heavy atom. The normalized spacial score (nSPS) is 24.5. The molecular formula is C20H21NOS. The van der Waals surface area contributed by atoms with E-state index in [0.29, 0.717) is 23.5 Å². The highest BCUT2D eigenvalue weighted by Gasteiger charge is 2.43. The van der Waals surface area contributed by atoms with E-state index in [0.717, 1.165) is 6.42 Å². The van der Waals surface area contributed by atoms with E-state index in [-0.39, 0.29) is 5.91 Å². The van der Waals surface area contributed by atoms with Gasteiger partial charge in [-0.15, -0.1) is 11.8 Å². The van der Waals surface area contributed by atoms with Gasteiger partial charge in [-0.3, -0.25) is 4.79 Å². The van der Waals surface area contributed by atoms with Crippen molar-refractivity contribution in [2.75, 3.05) is 14.1 Å². The molecule has 3 heteroatoms. The van der Waals surface area contributed by atoms with E-state index in [4.69, 9.17) is 0 Å². The second kappa shape index (κ2) is 5.72. The molecule has 1 aliphatic carbocycles. The van der Waals surface area contributed by atoms with Crippen molar-refractivity contribution >= 4 is 17.7 Å². The van der Waals surface area contributed by atoms with Gasteiger partial charge in [-0.2, -0.15) is 0 Å². The summed E-state index contributed by atoms with van der Waals surface area (Å²) in [4.78, 5) is 15.4. The van der Waals surface area contributed by atoms with Crippen LogP contribution in [0.25, 0.3) is 0 Å². The standard InChI is InChI=1S/C20H21NOS/c1-21(2)19(22)12-18-20-14-8-4-3-7-13(14)11-16(20)15-9-5-6-10-17(15)23-18/h3-10,16,18,20H,11-12H2,1-2H3. The topological polar surface area (TPSA) is 20.3 Å². The van der Waals surface area contributed by atoms with Gasteiger partial charge in [0.1, 0.15) is 0 Å². The van der Waals surface area contributed by atoms with Gasteiger partial charge >= 0.3 is 0 Å². The molecule has 0 saturated carbocycles. The van der Waals surface area contributed by atoms with Gasteiger partial charge < -0.3 is 4.90 Å². The fourth-order valence-electron chi connectivity index (χ4n) is 4.04. The molecule has 118 valence electrons. The summed E-state index contributed by atoms with van der Waals surface area (Å²) in [5.41, 5.74) is 4.38. The van der Waals surface area contributed by atoms with Crippen LogP contribution in [0.1, 0.15) is 34.9 Å². The van der Waals surface area contributed by atoms with Crippen LogP contribution >= 0.6 is 11.8 Å². The molecule has 0 bridgehead atoms. The SMILES string of the molecule is CN(C)C(=O)CC1Sc2ccccc2C2Cc3ccccc3C12. The zero-order chi connectivity index (χ0) is 16.0. The Hall–Kier alpha value is -1.74. The summed E-state index contributed by atoms with van der Waals surface area (Å²) in [6.07, 6.45) is 1.71. The molecular weight excluding hydrogens is 302 g/mol. The van der Waals surface area contributed by atoms with E-state index in [1.165, 1.54) is 21.6 Å². The Kier molecular flexibility index (Phi) is 3.68. The van der Waals surface area contributed by atoms with Gasteiger partial charge in [-0.25, -0.2) is 0 Å². The predicted octanol–water partition coefficient (Wildman–Crippen LogP) is 4.06. The Morgan fingerprint density at radius 1 is 1.09 bits per heavy atom. The van der Waals surface area contributed by atoms with Gasteiger partial charge in [-0.1, -0.05) is 42.5 Å². The van der Waals surface area contributed by atoms with E-state index < -0.39 is 0 Å². The molecule has 0 saturated heterocycles. The quantitative estimate of drug-likeness (QED) is 0.830. The average molecular weight is 323 g/mol. The second-order valence-electron chi connectivity index (χ2n) is 6.72. The van der Waals surface area contributed by atoms with Gasteiger partial charge in [0.25, 0.3) is 0 Å². The van der Waals surface area contributed by atoms with Crippen molar-refractivity contribution in [3.05, 3.63) is 65.2 Å². The number of carbonyl (C=O) groups excluding carboxylic acids is 1. The molecule has 0 radical (unpaired) electrons. The van der Waals surface area contributed by atoms with Crippen LogP contribution in [0.5, 0.6) is 0 Å². The largest absolute Gasteiger partial charge is 0.349 e. The summed E-state index contributed by atoms with van der Waals surface area (Å²) in [5.74, 6) is 1.20. The lowest BCUT2D eigenvalue weighted by Crippen LogP contribution is -2.31. The molecule has 0 N–H and O–H groups in total. The third-order valence-electron chi connectivity index (χ3n) is 5.16. The molecule has 2 aromatic rings. The molecule has 0 aromatic heterocycles. The summed E-state index contributed by atoms with van der Waals surface area (Å²) >= 11 is 1.90. The number of fused-ring (bicyclic) bond motifs is 5. The third-order valence-corrected chi connectivity index (χ3v) is 6.55. The van der Waals surface area contributed by atoms with Crippen molar-refractivity contribution in [2.45, 2.75) is 34.8 Å². The number of thioether (sulfide) groups is 1. The van der Waals surface area contributed by atoms with Crippen molar-refractivity contribution in [3.63, 3.8) is 0 Å². The Morgan fingerprint density at radius 3 is 2.57 bits per heavy atom. The molecule has 2 nitrogen and oxygen atoms in total. The minimum atomic E-state index is 0.227. The Balaban J connectivity index is 1.77. The summed E-state index contributed by atoms with van der Waals surface area (Å²) < 4.78 is 0. The van der Waals surface area contributed by atoms with Crippen LogP contribution in [-0.4, -0.2) is 30.2 Å². The summed E-state index contributed by atoms with van der Waals surface area (Å²) in [7, 11) is 3.70. The molecule has 3 atom stereocenters. The first-order chi connectivity index (χ1) is 11.1. The summed E-state index contributed by atoms with van der Waals surface area (Å²) in [6.45, 7) is 0. The van der Waals surface area contributed by atoms with E-state index in [9.17, 15) is 4.79 Å². The van der Waals surface area contributed by atoms with Crippen LogP contribution in [0.2, 0.25) is 0 Å². The van der Waals surface area contributed by atoms with Crippen molar-refractivity contribution in [1.29, 1.82) is 0 Å². The van der Waals surface area contributed by atoms with Gasteiger partial charge in [-0.05, 0) is 35.1 Å². The molecule has 0 spiro atoms. The monoisotopic (exact) mass is 323 g/mol. The van der Waals surface area contributed by atoms with Crippen LogP contribution in [0.15, 0.2) is 53.4 Å². The first kappa shape index (κ1) is 14.8. The zero-order valence-electron chi connectivity index (χ0n) is 13.5.